The average molecular weight is 229 g/mol. The highest BCUT2D eigenvalue weighted by molar-refractivity contribution is 4.77. The van der Waals surface area contributed by atoms with E-state index in [2.05, 4.69) is 11.8 Å². The van der Waals surface area contributed by atoms with E-state index in [-0.39, 0.29) is 6.10 Å². The molecule has 1 aliphatic rings. The molecule has 0 spiro atoms. The Morgan fingerprint density at radius 1 is 1.25 bits per heavy atom. The van der Waals surface area contributed by atoms with Crippen molar-refractivity contribution in [2.45, 2.75) is 45.6 Å². The van der Waals surface area contributed by atoms with E-state index in [4.69, 9.17) is 4.74 Å². The monoisotopic (exact) mass is 229 g/mol. The summed E-state index contributed by atoms with van der Waals surface area (Å²) < 4.78 is 5.38. The second-order valence-corrected chi connectivity index (χ2v) is 4.70. The smallest absolute Gasteiger partial charge is 0.0593 e. The zero-order chi connectivity index (χ0) is 11.8. The van der Waals surface area contributed by atoms with Crippen LogP contribution >= 0.6 is 0 Å². The predicted molar refractivity (Wildman–Crippen MR) is 66.6 cm³/mol. The van der Waals surface area contributed by atoms with Gasteiger partial charge in [0, 0.05) is 19.7 Å². The van der Waals surface area contributed by atoms with Gasteiger partial charge in [-0.05, 0) is 32.2 Å². The molecule has 0 aromatic carbocycles. The molecule has 1 N–H and O–H groups in total. The fourth-order valence-electron chi connectivity index (χ4n) is 2.45. The molecule has 0 aromatic heterocycles. The van der Waals surface area contributed by atoms with Gasteiger partial charge >= 0.3 is 0 Å². The highest BCUT2D eigenvalue weighted by Gasteiger charge is 2.24. The van der Waals surface area contributed by atoms with Crippen LogP contribution in [0.5, 0.6) is 0 Å². The first-order valence-corrected chi connectivity index (χ1v) is 6.76. The summed E-state index contributed by atoms with van der Waals surface area (Å²) in [5.41, 5.74) is 0. The maximum atomic E-state index is 9.93. The van der Waals surface area contributed by atoms with Crippen molar-refractivity contribution < 1.29 is 9.84 Å². The van der Waals surface area contributed by atoms with Gasteiger partial charge in [-0.25, -0.2) is 0 Å². The first kappa shape index (κ1) is 13.9. The Labute approximate surface area is 99.8 Å². The van der Waals surface area contributed by atoms with Crippen LogP contribution in [0, 0.1) is 5.92 Å². The Bertz CT molecular complexity index is 175. The first-order chi connectivity index (χ1) is 7.77. The fraction of sp³-hybridized carbons (Fsp3) is 1.00. The average Bonchev–Trinajstić information content (AvgIpc) is 2.30. The van der Waals surface area contributed by atoms with E-state index in [1.165, 1.54) is 19.3 Å². The summed E-state index contributed by atoms with van der Waals surface area (Å²) in [7, 11) is 0. The van der Waals surface area contributed by atoms with E-state index in [1.807, 2.05) is 6.92 Å². The van der Waals surface area contributed by atoms with Crippen molar-refractivity contribution in [3.8, 4) is 0 Å². The zero-order valence-electron chi connectivity index (χ0n) is 10.8. The van der Waals surface area contributed by atoms with Gasteiger partial charge in [0.05, 0.1) is 12.7 Å². The van der Waals surface area contributed by atoms with Gasteiger partial charge < -0.3 is 14.7 Å². The van der Waals surface area contributed by atoms with Crippen LogP contribution in [0.1, 0.15) is 39.5 Å². The van der Waals surface area contributed by atoms with E-state index in [1.54, 1.807) is 0 Å². The molecule has 1 fully saturated rings. The minimum absolute atomic E-state index is 0.0742. The highest BCUT2D eigenvalue weighted by Crippen LogP contribution is 2.24. The number of hydrogen-bond donors (Lipinski definition) is 1. The summed E-state index contributed by atoms with van der Waals surface area (Å²) in [5.74, 6) is 0.482. The minimum Gasteiger partial charge on any atom is -0.393 e. The van der Waals surface area contributed by atoms with Gasteiger partial charge in [0.25, 0.3) is 0 Å². The number of hydrogen-bond acceptors (Lipinski definition) is 3. The molecular formula is C13H27NO2. The van der Waals surface area contributed by atoms with Crippen LogP contribution in [-0.2, 0) is 4.74 Å². The number of aliphatic hydroxyl groups is 1. The Balaban J connectivity index is 2.24. The highest BCUT2D eigenvalue weighted by atomic mass is 16.5. The van der Waals surface area contributed by atoms with E-state index in [0.29, 0.717) is 5.92 Å². The van der Waals surface area contributed by atoms with Crippen LogP contribution in [0.3, 0.4) is 0 Å². The molecule has 0 bridgehead atoms. The molecule has 0 amide bonds. The van der Waals surface area contributed by atoms with Gasteiger partial charge in [-0.3, -0.25) is 0 Å². The molecule has 0 aliphatic heterocycles. The SMILES string of the molecule is CCOCCN(CC)CC1CCCCC1O. The van der Waals surface area contributed by atoms with Crippen LogP contribution in [0.2, 0.25) is 0 Å². The zero-order valence-corrected chi connectivity index (χ0v) is 10.8. The van der Waals surface area contributed by atoms with E-state index >= 15 is 0 Å². The largest absolute Gasteiger partial charge is 0.393 e. The standard InChI is InChI=1S/C13H27NO2/c1-3-14(9-10-16-4-2)11-12-7-5-6-8-13(12)15/h12-13,15H,3-11H2,1-2H3. The molecule has 1 aliphatic carbocycles. The molecule has 0 heterocycles. The van der Waals surface area contributed by atoms with Crippen LogP contribution in [0.4, 0.5) is 0 Å². The fourth-order valence-corrected chi connectivity index (χ4v) is 2.45. The van der Waals surface area contributed by atoms with Crippen molar-refractivity contribution in [1.29, 1.82) is 0 Å². The van der Waals surface area contributed by atoms with Gasteiger partial charge in [0.2, 0.25) is 0 Å². The van der Waals surface area contributed by atoms with Gasteiger partial charge in [-0.1, -0.05) is 19.8 Å². The summed E-state index contributed by atoms with van der Waals surface area (Å²) in [6, 6.07) is 0. The van der Waals surface area contributed by atoms with Gasteiger partial charge in [0.1, 0.15) is 0 Å². The molecule has 3 heteroatoms. The second kappa shape index (κ2) is 8.04. The maximum absolute atomic E-state index is 9.93. The first-order valence-electron chi connectivity index (χ1n) is 6.76. The molecular weight excluding hydrogens is 202 g/mol. The van der Waals surface area contributed by atoms with Crippen molar-refractivity contribution in [2.24, 2.45) is 5.92 Å². The van der Waals surface area contributed by atoms with Crippen LogP contribution < -0.4 is 0 Å². The molecule has 3 nitrogen and oxygen atoms in total. The quantitative estimate of drug-likeness (QED) is 0.677. The van der Waals surface area contributed by atoms with Crippen LogP contribution in [-0.4, -0.2) is 49.0 Å². The van der Waals surface area contributed by atoms with E-state index in [0.717, 1.165) is 39.3 Å². The molecule has 2 atom stereocenters. The predicted octanol–water partition coefficient (Wildman–Crippen LogP) is 1.90. The summed E-state index contributed by atoms with van der Waals surface area (Å²) in [4.78, 5) is 2.40. The minimum atomic E-state index is -0.0742. The van der Waals surface area contributed by atoms with Crippen molar-refractivity contribution in [3.05, 3.63) is 0 Å². The normalized spacial score (nSPS) is 26.2. The van der Waals surface area contributed by atoms with Gasteiger partial charge in [-0.15, -0.1) is 0 Å². The molecule has 1 rings (SSSR count). The Morgan fingerprint density at radius 3 is 2.62 bits per heavy atom. The van der Waals surface area contributed by atoms with E-state index in [9.17, 15) is 5.11 Å². The molecule has 96 valence electrons. The number of likely N-dealkylation sites (N-methyl/N-ethyl adjacent to an activating group) is 1. The van der Waals surface area contributed by atoms with Crippen molar-refractivity contribution in [2.75, 3.05) is 32.8 Å². The summed E-state index contributed by atoms with van der Waals surface area (Å²) >= 11 is 0. The van der Waals surface area contributed by atoms with Crippen LogP contribution in [0.15, 0.2) is 0 Å². The number of nitrogens with zero attached hydrogens (tertiary/aromatic N) is 1. The topological polar surface area (TPSA) is 32.7 Å². The summed E-state index contributed by atoms with van der Waals surface area (Å²) in [6.07, 6.45) is 4.59. The maximum Gasteiger partial charge on any atom is 0.0593 e. The summed E-state index contributed by atoms with van der Waals surface area (Å²) in [5, 5.41) is 9.93. The molecule has 1 saturated carbocycles. The molecule has 0 radical (unpaired) electrons. The van der Waals surface area contributed by atoms with Crippen molar-refractivity contribution in [3.63, 3.8) is 0 Å². The second-order valence-electron chi connectivity index (χ2n) is 4.70. The number of rotatable bonds is 7. The van der Waals surface area contributed by atoms with Gasteiger partial charge in [-0.2, -0.15) is 0 Å². The number of ether oxygens (including phenoxy) is 1. The summed E-state index contributed by atoms with van der Waals surface area (Å²) in [6.45, 7) is 8.90. The van der Waals surface area contributed by atoms with E-state index < -0.39 is 0 Å². The third-order valence-corrected chi connectivity index (χ3v) is 3.56. The Hall–Kier alpha value is -0.120. The van der Waals surface area contributed by atoms with Crippen molar-refractivity contribution >= 4 is 0 Å². The third kappa shape index (κ3) is 4.81. The van der Waals surface area contributed by atoms with Crippen LogP contribution in [0.25, 0.3) is 0 Å². The Morgan fingerprint density at radius 2 is 2.00 bits per heavy atom. The Kier molecular flexibility index (Phi) is 7.01. The molecule has 16 heavy (non-hydrogen) atoms. The lowest BCUT2D eigenvalue weighted by Crippen LogP contribution is -2.38. The lowest BCUT2D eigenvalue weighted by atomic mass is 9.86. The molecule has 0 aromatic rings. The van der Waals surface area contributed by atoms with Crippen molar-refractivity contribution in [1.82, 2.24) is 4.90 Å². The molecule has 0 saturated heterocycles. The molecule has 2 unspecified atom stereocenters. The third-order valence-electron chi connectivity index (χ3n) is 3.56. The lowest BCUT2D eigenvalue weighted by molar-refractivity contribution is 0.0386. The van der Waals surface area contributed by atoms with Gasteiger partial charge in [0.15, 0.2) is 0 Å². The lowest BCUT2D eigenvalue weighted by Gasteiger charge is -2.32. The number of aliphatic hydroxyl groups excluding tert-OH is 1.